The molecule has 0 bridgehead atoms. The number of benzene rings is 2. The molecule has 0 radical (unpaired) electrons. The number of amides is 1. The van der Waals surface area contributed by atoms with Gasteiger partial charge in [0.25, 0.3) is 5.91 Å². The highest BCUT2D eigenvalue weighted by atomic mass is 35.5. The van der Waals surface area contributed by atoms with E-state index in [0.29, 0.717) is 34.3 Å². The van der Waals surface area contributed by atoms with Crippen molar-refractivity contribution in [3.8, 4) is 0 Å². The van der Waals surface area contributed by atoms with Crippen LogP contribution in [0.3, 0.4) is 0 Å². The third kappa shape index (κ3) is 3.98. The number of anilines is 1. The second kappa shape index (κ2) is 7.47. The first-order valence-corrected chi connectivity index (χ1v) is 10.5. The topological polar surface area (TPSA) is 66.5 Å². The van der Waals surface area contributed by atoms with Gasteiger partial charge in [-0.2, -0.15) is 0 Å². The molecule has 0 aliphatic carbocycles. The molecular weight excluding hydrogens is 395 g/mol. The quantitative estimate of drug-likeness (QED) is 0.823. The second-order valence-electron chi connectivity index (χ2n) is 6.16. The highest BCUT2D eigenvalue weighted by Gasteiger charge is 2.28. The summed E-state index contributed by atoms with van der Waals surface area (Å²) in [5, 5.41) is 3.76. The zero-order valence-corrected chi connectivity index (χ0v) is 16.4. The zero-order valence-electron chi connectivity index (χ0n) is 14.1. The normalized spacial score (nSPS) is 17.1. The van der Waals surface area contributed by atoms with E-state index in [4.69, 9.17) is 23.2 Å². The lowest BCUT2D eigenvalue weighted by atomic mass is 10.1. The van der Waals surface area contributed by atoms with Gasteiger partial charge in [0.15, 0.2) is 0 Å². The van der Waals surface area contributed by atoms with Crippen LogP contribution < -0.4 is 9.62 Å². The maximum atomic E-state index is 12.6. The highest BCUT2D eigenvalue weighted by Crippen LogP contribution is 2.27. The Morgan fingerprint density at radius 1 is 1.15 bits per heavy atom. The maximum Gasteiger partial charge on any atom is 0.251 e. The summed E-state index contributed by atoms with van der Waals surface area (Å²) in [6, 6.07) is 11.5. The third-order valence-electron chi connectivity index (χ3n) is 4.29. The van der Waals surface area contributed by atoms with Gasteiger partial charge in [0.1, 0.15) is 0 Å². The number of rotatable bonds is 4. The minimum Gasteiger partial charge on any atom is -0.346 e. The molecule has 1 heterocycles. The molecule has 1 aliphatic rings. The van der Waals surface area contributed by atoms with E-state index in [2.05, 4.69) is 5.32 Å². The van der Waals surface area contributed by atoms with Crippen LogP contribution in [0, 0.1) is 0 Å². The standard InChI is InChI=1S/C18H18Cl2N2O3S/c1-12(13-6-7-16(19)17(20)11-13)21-18(23)14-4-2-5-15(10-14)22-8-3-9-26(22,24)25/h2,4-7,10-12H,3,8-9H2,1H3,(H,21,23)/t12-/m1/s1. The van der Waals surface area contributed by atoms with Gasteiger partial charge >= 0.3 is 0 Å². The van der Waals surface area contributed by atoms with Crippen LogP contribution in [0.4, 0.5) is 5.69 Å². The molecule has 0 aromatic heterocycles. The number of carbonyl (C=O) groups is 1. The van der Waals surface area contributed by atoms with E-state index in [-0.39, 0.29) is 17.7 Å². The molecule has 1 atom stereocenters. The summed E-state index contributed by atoms with van der Waals surface area (Å²) in [5.41, 5.74) is 1.74. The van der Waals surface area contributed by atoms with Crippen molar-refractivity contribution >= 4 is 44.8 Å². The molecule has 26 heavy (non-hydrogen) atoms. The van der Waals surface area contributed by atoms with Crippen molar-refractivity contribution in [2.75, 3.05) is 16.6 Å². The van der Waals surface area contributed by atoms with Crippen LogP contribution in [-0.2, 0) is 10.0 Å². The molecule has 1 N–H and O–H groups in total. The highest BCUT2D eigenvalue weighted by molar-refractivity contribution is 7.93. The molecule has 2 aromatic carbocycles. The van der Waals surface area contributed by atoms with Crippen molar-refractivity contribution in [3.63, 3.8) is 0 Å². The smallest absolute Gasteiger partial charge is 0.251 e. The average molecular weight is 413 g/mol. The average Bonchev–Trinajstić information content (AvgIpc) is 2.96. The Labute approximate surface area is 163 Å². The Kier molecular flexibility index (Phi) is 5.46. The van der Waals surface area contributed by atoms with Crippen molar-refractivity contribution in [2.45, 2.75) is 19.4 Å². The maximum absolute atomic E-state index is 12.6. The Hall–Kier alpha value is -1.76. The van der Waals surface area contributed by atoms with Gasteiger partial charge in [-0.25, -0.2) is 8.42 Å². The van der Waals surface area contributed by atoms with Crippen molar-refractivity contribution in [1.29, 1.82) is 0 Å². The number of nitrogens with zero attached hydrogens (tertiary/aromatic N) is 1. The van der Waals surface area contributed by atoms with Crippen molar-refractivity contribution < 1.29 is 13.2 Å². The first-order valence-electron chi connectivity index (χ1n) is 8.14. The van der Waals surface area contributed by atoms with Crippen molar-refractivity contribution in [3.05, 3.63) is 63.6 Å². The van der Waals surface area contributed by atoms with Crippen LogP contribution in [0.15, 0.2) is 42.5 Å². The first-order chi connectivity index (χ1) is 12.3. The molecule has 1 fully saturated rings. The van der Waals surface area contributed by atoms with E-state index in [1.54, 1.807) is 42.5 Å². The first kappa shape index (κ1) is 19.0. The minimum atomic E-state index is -3.28. The largest absolute Gasteiger partial charge is 0.346 e. The molecule has 0 saturated carbocycles. The predicted molar refractivity (Wildman–Crippen MR) is 105 cm³/mol. The van der Waals surface area contributed by atoms with Gasteiger partial charge in [-0.15, -0.1) is 0 Å². The lowest BCUT2D eigenvalue weighted by molar-refractivity contribution is 0.0940. The van der Waals surface area contributed by atoms with Crippen molar-refractivity contribution in [2.24, 2.45) is 0 Å². The lowest BCUT2D eigenvalue weighted by Gasteiger charge is -2.19. The number of sulfonamides is 1. The summed E-state index contributed by atoms with van der Waals surface area (Å²) in [6.45, 7) is 2.28. The van der Waals surface area contributed by atoms with Gasteiger partial charge in [0, 0.05) is 12.1 Å². The number of hydrogen-bond acceptors (Lipinski definition) is 3. The monoisotopic (exact) mass is 412 g/mol. The Morgan fingerprint density at radius 3 is 2.58 bits per heavy atom. The van der Waals surface area contributed by atoms with Crippen molar-refractivity contribution in [1.82, 2.24) is 5.32 Å². The van der Waals surface area contributed by atoms with Gasteiger partial charge in [0.05, 0.1) is 27.5 Å². The third-order valence-corrected chi connectivity index (χ3v) is 6.90. The Bertz CT molecular complexity index is 947. The molecule has 1 saturated heterocycles. The molecule has 0 spiro atoms. The van der Waals surface area contributed by atoms with Crippen LogP contribution in [0.25, 0.3) is 0 Å². The lowest BCUT2D eigenvalue weighted by Crippen LogP contribution is -2.28. The van der Waals surface area contributed by atoms with Gasteiger partial charge in [-0.1, -0.05) is 35.3 Å². The van der Waals surface area contributed by atoms with Crippen LogP contribution in [0.1, 0.15) is 35.3 Å². The molecule has 138 valence electrons. The summed E-state index contributed by atoms with van der Waals surface area (Å²) in [6.07, 6.45) is 0.590. The Balaban J connectivity index is 1.78. The number of halogens is 2. The van der Waals surface area contributed by atoms with E-state index in [1.807, 2.05) is 6.92 Å². The molecule has 5 nitrogen and oxygen atoms in total. The number of hydrogen-bond donors (Lipinski definition) is 1. The van der Waals surface area contributed by atoms with E-state index in [1.165, 1.54) is 4.31 Å². The minimum absolute atomic E-state index is 0.137. The fraction of sp³-hybridized carbons (Fsp3) is 0.278. The molecule has 1 amide bonds. The molecule has 3 rings (SSSR count). The summed E-state index contributed by atoms with van der Waals surface area (Å²) < 4.78 is 25.5. The van der Waals surface area contributed by atoms with E-state index in [0.717, 1.165) is 5.56 Å². The SMILES string of the molecule is C[C@@H](NC(=O)c1cccc(N2CCCS2(=O)=O)c1)c1ccc(Cl)c(Cl)c1. The number of carbonyl (C=O) groups excluding carboxylic acids is 1. The van der Waals surface area contributed by atoms with Gasteiger partial charge < -0.3 is 5.32 Å². The second-order valence-corrected chi connectivity index (χ2v) is 8.99. The summed E-state index contributed by atoms with van der Waals surface area (Å²) in [4.78, 5) is 12.6. The van der Waals surface area contributed by atoms with Gasteiger partial charge in [0.2, 0.25) is 10.0 Å². The molecular formula is C18H18Cl2N2O3S. The van der Waals surface area contributed by atoms with E-state index in [9.17, 15) is 13.2 Å². The summed E-state index contributed by atoms with van der Waals surface area (Å²) in [5.74, 6) is -0.153. The molecule has 2 aromatic rings. The van der Waals surface area contributed by atoms with Crippen LogP contribution >= 0.6 is 23.2 Å². The molecule has 1 aliphatic heterocycles. The van der Waals surface area contributed by atoms with Gasteiger partial charge in [-0.3, -0.25) is 9.10 Å². The Morgan fingerprint density at radius 2 is 1.92 bits per heavy atom. The fourth-order valence-corrected chi connectivity index (χ4v) is 4.74. The zero-order chi connectivity index (χ0) is 18.9. The summed E-state index contributed by atoms with van der Waals surface area (Å²) in [7, 11) is -3.28. The summed E-state index contributed by atoms with van der Waals surface area (Å²) >= 11 is 11.9. The van der Waals surface area contributed by atoms with Crippen LogP contribution in [0.5, 0.6) is 0 Å². The van der Waals surface area contributed by atoms with Gasteiger partial charge in [-0.05, 0) is 49.2 Å². The molecule has 8 heteroatoms. The number of nitrogens with one attached hydrogen (secondary N) is 1. The van der Waals surface area contributed by atoms with E-state index >= 15 is 0 Å². The van der Waals surface area contributed by atoms with E-state index < -0.39 is 10.0 Å². The predicted octanol–water partition coefficient (Wildman–Crippen LogP) is 4.02. The molecule has 0 unspecified atom stereocenters. The fourth-order valence-electron chi connectivity index (χ4n) is 2.88. The van der Waals surface area contributed by atoms with Crippen LogP contribution in [-0.4, -0.2) is 26.6 Å². The van der Waals surface area contributed by atoms with Crippen LogP contribution in [0.2, 0.25) is 10.0 Å².